The average Bonchev–Trinajstić information content (AvgIpc) is 3.33. The molecule has 0 aliphatic heterocycles. The summed E-state index contributed by atoms with van der Waals surface area (Å²) in [6.45, 7) is 3.71. The molecule has 0 radical (unpaired) electrons. The molecule has 0 saturated carbocycles. The fraction of sp³-hybridized carbons (Fsp3) is 0.227. The van der Waals surface area contributed by atoms with Crippen LogP contribution in [0.5, 0.6) is 0 Å². The van der Waals surface area contributed by atoms with Crippen LogP contribution in [0.4, 0.5) is 13.2 Å². The maximum Gasteiger partial charge on any atom is 0.402 e. The highest BCUT2D eigenvalue weighted by Crippen LogP contribution is 2.41. The van der Waals surface area contributed by atoms with Gasteiger partial charge in [-0.1, -0.05) is 52.1 Å². The van der Waals surface area contributed by atoms with Gasteiger partial charge in [0.15, 0.2) is 0 Å². The van der Waals surface area contributed by atoms with Gasteiger partial charge in [0.2, 0.25) is 11.7 Å². The number of alkyl halides is 3. The van der Waals surface area contributed by atoms with Crippen molar-refractivity contribution in [2.75, 3.05) is 0 Å². The fourth-order valence-corrected chi connectivity index (χ4v) is 3.79. The van der Waals surface area contributed by atoms with Gasteiger partial charge in [0.25, 0.3) is 0 Å². The van der Waals surface area contributed by atoms with Gasteiger partial charge in [0.1, 0.15) is 11.1 Å². The summed E-state index contributed by atoms with van der Waals surface area (Å²) < 4.78 is 46.9. The van der Waals surface area contributed by atoms with Gasteiger partial charge in [0, 0.05) is 21.2 Å². The van der Waals surface area contributed by atoms with Crippen molar-refractivity contribution < 1.29 is 17.7 Å². The summed E-state index contributed by atoms with van der Waals surface area (Å²) in [4.78, 5) is 4.02. The lowest BCUT2D eigenvalue weighted by Crippen LogP contribution is -2.36. The number of nitrogens with zero attached hydrogens (tertiary/aromatic N) is 4. The number of halogens is 6. The zero-order chi connectivity index (χ0) is 24.1. The van der Waals surface area contributed by atoms with Crippen LogP contribution in [-0.4, -0.2) is 26.1 Å². The normalized spacial score (nSPS) is 12.4. The number of rotatable bonds is 4. The van der Waals surface area contributed by atoms with Crippen LogP contribution in [0, 0.1) is 6.92 Å². The van der Waals surface area contributed by atoms with Crippen molar-refractivity contribution in [2.45, 2.75) is 32.4 Å². The second-order valence-electron chi connectivity index (χ2n) is 7.88. The zero-order valence-corrected chi connectivity index (χ0v) is 19.8. The van der Waals surface area contributed by atoms with E-state index in [4.69, 9.17) is 39.3 Å². The smallest absolute Gasteiger partial charge is 0.338 e. The number of hydrogen-bond donors (Lipinski definition) is 0. The third-order valence-electron chi connectivity index (χ3n) is 5.26. The minimum Gasteiger partial charge on any atom is -0.338 e. The Morgan fingerprint density at radius 3 is 2.18 bits per heavy atom. The van der Waals surface area contributed by atoms with E-state index in [0.29, 0.717) is 32.0 Å². The Balaban J connectivity index is 1.92. The Morgan fingerprint density at radius 2 is 1.58 bits per heavy atom. The maximum absolute atomic E-state index is 13.4. The molecule has 0 bridgehead atoms. The lowest BCUT2D eigenvalue weighted by molar-refractivity contribution is -0.186. The van der Waals surface area contributed by atoms with E-state index in [9.17, 15) is 13.2 Å². The zero-order valence-electron chi connectivity index (χ0n) is 17.5. The Bertz CT molecular complexity index is 1330. The van der Waals surface area contributed by atoms with E-state index in [1.165, 1.54) is 0 Å². The summed E-state index contributed by atoms with van der Waals surface area (Å²) in [5, 5.41) is 9.69. The summed E-state index contributed by atoms with van der Waals surface area (Å²) in [5.74, 6) is -0.629. The first-order valence-electron chi connectivity index (χ1n) is 9.62. The molecule has 0 amide bonds. The monoisotopic (exact) mass is 514 g/mol. The predicted octanol–water partition coefficient (Wildman–Crippen LogP) is 7.70. The second kappa shape index (κ2) is 8.34. The average molecular weight is 516 g/mol. The largest absolute Gasteiger partial charge is 0.402 e. The van der Waals surface area contributed by atoms with E-state index < -0.39 is 17.5 Å². The molecule has 0 fully saturated rings. The van der Waals surface area contributed by atoms with Crippen molar-refractivity contribution in [1.29, 1.82) is 0 Å². The molecule has 0 spiro atoms. The predicted molar refractivity (Wildman–Crippen MR) is 121 cm³/mol. The molecule has 2 aromatic carbocycles. The minimum absolute atomic E-state index is 0.0705. The lowest BCUT2D eigenvalue weighted by Gasteiger charge is -2.22. The molecule has 2 aromatic heterocycles. The van der Waals surface area contributed by atoms with E-state index >= 15 is 0 Å². The summed E-state index contributed by atoms with van der Waals surface area (Å²) in [5.41, 5.74) is 0.431. The fourth-order valence-electron chi connectivity index (χ4n) is 3.18. The molecule has 11 heteroatoms. The van der Waals surface area contributed by atoms with Gasteiger partial charge < -0.3 is 4.52 Å². The van der Waals surface area contributed by atoms with Gasteiger partial charge in [-0.2, -0.15) is 23.3 Å². The van der Waals surface area contributed by atoms with Gasteiger partial charge in [-0.15, -0.1) is 0 Å². The molecule has 2 heterocycles. The van der Waals surface area contributed by atoms with Crippen LogP contribution in [0.25, 0.3) is 28.5 Å². The summed E-state index contributed by atoms with van der Waals surface area (Å²) >= 11 is 18.5. The van der Waals surface area contributed by atoms with Gasteiger partial charge >= 0.3 is 6.18 Å². The standard InChI is InChI=1S/C22H16Cl3F3N4O/c1-11-17(19-29-20(33-31-19)21(2,3)22(26,27)28)30-32(16-9-8-14(24)10-15(16)25)18(11)12-4-6-13(23)7-5-12/h4-10H,1-3H3. The van der Waals surface area contributed by atoms with Crippen molar-refractivity contribution in [3.05, 3.63) is 69.0 Å². The van der Waals surface area contributed by atoms with Crippen LogP contribution >= 0.6 is 34.8 Å². The molecular formula is C22H16Cl3F3N4O. The Morgan fingerprint density at radius 1 is 0.939 bits per heavy atom. The van der Waals surface area contributed by atoms with E-state index in [-0.39, 0.29) is 11.5 Å². The van der Waals surface area contributed by atoms with Crippen LogP contribution in [0.2, 0.25) is 15.1 Å². The highest BCUT2D eigenvalue weighted by atomic mass is 35.5. The Kier molecular flexibility index (Phi) is 5.97. The third-order valence-corrected chi connectivity index (χ3v) is 6.05. The van der Waals surface area contributed by atoms with Gasteiger partial charge in [-0.25, -0.2) is 4.68 Å². The van der Waals surface area contributed by atoms with Gasteiger partial charge in [-0.05, 0) is 51.1 Å². The summed E-state index contributed by atoms with van der Waals surface area (Å²) in [6.07, 6.45) is -4.57. The number of hydrogen-bond acceptors (Lipinski definition) is 4. The topological polar surface area (TPSA) is 56.7 Å². The Labute approximate surface area is 202 Å². The van der Waals surface area contributed by atoms with E-state index in [1.54, 1.807) is 54.1 Å². The van der Waals surface area contributed by atoms with Crippen LogP contribution in [0.3, 0.4) is 0 Å². The molecule has 172 valence electrons. The Hall–Kier alpha value is -2.55. The van der Waals surface area contributed by atoms with E-state index in [2.05, 4.69) is 15.2 Å². The highest BCUT2D eigenvalue weighted by molar-refractivity contribution is 6.35. The SMILES string of the molecule is Cc1c(-c2noc(C(C)(C)C(F)(F)F)n2)nn(-c2ccc(Cl)cc2Cl)c1-c1ccc(Cl)cc1. The molecular weight excluding hydrogens is 500 g/mol. The molecule has 0 N–H and O–H groups in total. The molecule has 0 aliphatic rings. The number of aromatic nitrogens is 4. The molecule has 0 aliphatic carbocycles. The molecule has 33 heavy (non-hydrogen) atoms. The van der Waals surface area contributed by atoms with E-state index in [0.717, 1.165) is 19.4 Å². The van der Waals surface area contributed by atoms with Crippen molar-refractivity contribution >= 4 is 34.8 Å². The molecule has 4 aromatic rings. The first-order chi connectivity index (χ1) is 15.4. The van der Waals surface area contributed by atoms with E-state index in [1.807, 2.05) is 0 Å². The minimum atomic E-state index is -4.57. The van der Waals surface area contributed by atoms with Gasteiger partial charge in [0.05, 0.1) is 16.4 Å². The van der Waals surface area contributed by atoms with Crippen LogP contribution < -0.4 is 0 Å². The van der Waals surface area contributed by atoms with Crippen molar-refractivity contribution in [3.8, 4) is 28.5 Å². The highest BCUT2D eigenvalue weighted by Gasteiger charge is 2.52. The molecule has 0 atom stereocenters. The number of benzene rings is 2. The maximum atomic E-state index is 13.4. The third kappa shape index (κ3) is 4.23. The van der Waals surface area contributed by atoms with Gasteiger partial charge in [-0.3, -0.25) is 0 Å². The first-order valence-corrected chi connectivity index (χ1v) is 10.8. The van der Waals surface area contributed by atoms with Crippen molar-refractivity contribution in [1.82, 2.24) is 19.9 Å². The van der Waals surface area contributed by atoms with Crippen LogP contribution in [0.15, 0.2) is 47.0 Å². The first kappa shape index (κ1) is 23.6. The molecule has 5 nitrogen and oxygen atoms in total. The summed E-state index contributed by atoms with van der Waals surface area (Å²) in [6, 6.07) is 11.9. The second-order valence-corrected chi connectivity index (χ2v) is 9.16. The molecule has 4 rings (SSSR count). The molecule has 0 unspecified atom stereocenters. The van der Waals surface area contributed by atoms with Crippen LogP contribution in [-0.2, 0) is 5.41 Å². The van der Waals surface area contributed by atoms with Crippen LogP contribution in [0.1, 0.15) is 25.3 Å². The van der Waals surface area contributed by atoms with Crippen molar-refractivity contribution in [2.24, 2.45) is 0 Å². The van der Waals surface area contributed by atoms with Crippen molar-refractivity contribution in [3.63, 3.8) is 0 Å². The lowest BCUT2D eigenvalue weighted by atomic mass is 9.93. The molecule has 0 saturated heterocycles. The quantitative estimate of drug-likeness (QED) is 0.279. The summed E-state index contributed by atoms with van der Waals surface area (Å²) in [7, 11) is 0.